The average molecular weight is 229 g/mol. The summed E-state index contributed by atoms with van der Waals surface area (Å²) in [5.41, 5.74) is 1.11. The van der Waals surface area contributed by atoms with Crippen molar-refractivity contribution in [2.24, 2.45) is 0 Å². The van der Waals surface area contributed by atoms with Crippen molar-refractivity contribution < 1.29 is 4.74 Å². The first-order chi connectivity index (χ1) is 7.27. The highest BCUT2D eigenvalue weighted by Crippen LogP contribution is 2.19. The maximum atomic E-state index is 5.02. The van der Waals surface area contributed by atoms with E-state index < -0.39 is 0 Å². The second-order valence-electron chi connectivity index (χ2n) is 3.42. The average Bonchev–Trinajstić information content (AvgIpc) is 2.67. The van der Waals surface area contributed by atoms with E-state index in [9.17, 15) is 0 Å². The number of nitrogens with one attached hydrogen (secondary N) is 1. The summed E-state index contributed by atoms with van der Waals surface area (Å²) >= 11 is 1.69. The number of aromatic nitrogens is 1. The molecule has 15 heavy (non-hydrogen) atoms. The van der Waals surface area contributed by atoms with Crippen molar-refractivity contribution in [1.29, 1.82) is 0 Å². The molecule has 0 aliphatic heterocycles. The molecule has 0 fully saturated rings. The molecule has 0 radical (unpaired) electrons. The molecule has 1 heterocycles. The van der Waals surface area contributed by atoms with Crippen LogP contribution >= 0.6 is 11.3 Å². The van der Waals surface area contributed by atoms with Crippen LogP contribution in [0.4, 0.5) is 5.13 Å². The molecule has 1 aromatic heterocycles. The first-order valence-corrected chi connectivity index (χ1v) is 5.95. The molecular weight excluding hydrogens is 210 g/mol. The third kappa shape index (κ3) is 4.15. The molecule has 1 aromatic rings. The van der Waals surface area contributed by atoms with Crippen molar-refractivity contribution >= 4 is 16.5 Å². The molecule has 0 bridgehead atoms. The topological polar surface area (TPSA) is 37.4 Å². The van der Waals surface area contributed by atoms with E-state index >= 15 is 0 Å². The number of ether oxygens (including phenoxy) is 1. The lowest BCUT2D eigenvalue weighted by molar-refractivity contribution is 0.196. The van der Waals surface area contributed by atoms with Gasteiger partial charge in [0, 0.05) is 39.2 Å². The normalized spacial score (nSPS) is 10.6. The molecule has 0 atom stereocenters. The van der Waals surface area contributed by atoms with Gasteiger partial charge in [0.2, 0.25) is 0 Å². The fourth-order valence-corrected chi connectivity index (χ4v) is 2.09. The minimum atomic E-state index is 0.805. The van der Waals surface area contributed by atoms with Crippen LogP contribution in [0.15, 0.2) is 5.38 Å². The summed E-state index contributed by atoms with van der Waals surface area (Å²) in [4.78, 5) is 6.69. The summed E-state index contributed by atoms with van der Waals surface area (Å²) < 4.78 is 5.02. The Labute approximate surface area is 95.3 Å². The van der Waals surface area contributed by atoms with Crippen molar-refractivity contribution in [2.45, 2.75) is 13.0 Å². The van der Waals surface area contributed by atoms with Gasteiger partial charge in [0.15, 0.2) is 5.13 Å². The standard InChI is InChI=1S/C10H19N3OS/c1-11-7-9-8-15-10(12-9)13(2)5-4-6-14-3/h8,11H,4-7H2,1-3H3. The van der Waals surface area contributed by atoms with Gasteiger partial charge in [0.25, 0.3) is 0 Å². The number of methoxy groups -OCH3 is 1. The summed E-state index contributed by atoms with van der Waals surface area (Å²) in [6.07, 6.45) is 1.04. The van der Waals surface area contributed by atoms with E-state index in [0.29, 0.717) is 0 Å². The van der Waals surface area contributed by atoms with Crippen LogP contribution in [-0.4, -0.2) is 39.3 Å². The molecule has 0 spiro atoms. The predicted octanol–water partition coefficient (Wildman–Crippen LogP) is 1.34. The highest BCUT2D eigenvalue weighted by molar-refractivity contribution is 7.13. The van der Waals surface area contributed by atoms with Crippen molar-refractivity contribution in [3.05, 3.63) is 11.1 Å². The van der Waals surface area contributed by atoms with Gasteiger partial charge in [0.05, 0.1) is 5.69 Å². The van der Waals surface area contributed by atoms with Crippen molar-refractivity contribution in [3.8, 4) is 0 Å². The summed E-state index contributed by atoms with van der Waals surface area (Å²) in [6, 6.07) is 0. The fraction of sp³-hybridized carbons (Fsp3) is 0.700. The molecule has 0 saturated carbocycles. The number of rotatable bonds is 7. The van der Waals surface area contributed by atoms with Gasteiger partial charge in [-0.1, -0.05) is 0 Å². The van der Waals surface area contributed by atoms with Gasteiger partial charge < -0.3 is 15.0 Å². The Kier molecular flexibility index (Phi) is 5.60. The lowest BCUT2D eigenvalue weighted by Crippen LogP contribution is -2.19. The lowest BCUT2D eigenvalue weighted by atomic mass is 10.4. The molecule has 1 N–H and O–H groups in total. The van der Waals surface area contributed by atoms with Gasteiger partial charge >= 0.3 is 0 Å². The zero-order valence-corrected chi connectivity index (χ0v) is 10.4. The Morgan fingerprint density at radius 1 is 1.60 bits per heavy atom. The smallest absolute Gasteiger partial charge is 0.185 e. The SMILES string of the molecule is CNCc1csc(N(C)CCCOC)n1. The van der Waals surface area contributed by atoms with Crippen LogP contribution < -0.4 is 10.2 Å². The quantitative estimate of drug-likeness (QED) is 0.716. The number of thiazole rings is 1. The molecule has 5 heteroatoms. The molecule has 0 saturated heterocycles. The molecule has 86 valence electrons. The predicted molar refractivity (Wildman–Crippen MR) is 64.6 cm³/mol. The van der Waals surface area contributed by atoms with Gasteiger partial charge in [-0.15, -0.1) is 11.3 Å². The number of hydrogen-bond acceptors (Lipinski definition) is 5. The van der Waals surface area contributed by atoms with Crippen LogP contribution in [0.1, 0.15) is 12.1 Å². The highest BCUT2D eigenvalue weighted by atomic mass is 32.1. The van der Waals surface area contributed by atoms with Gasteiger partial charge in [-0.3, -0.25) is 0 Å². The highest BCUT2D eigenvalue weighted by Gasteiger charge is 2.05. The molecular formula is C10H19N3OS. The van der Waals surface area contributed by atoms with Crippen LogP contribution in [0.25, 0.3) is 0 Å². The summed E-state index contributed by atoms with van der Waals surface area (Å²) in [5.74, 6) is 0. The molecule has 4 nitrogen and oxygen atoms in total. The zero-order valence-electron chi connectivity index (χ0n) is 9.62. The Bertz CT molecular complexity index is 277. The second-order valence-corrected chi connectivity index (χ2v) is 4.26. The molecule has 0 unspecified atom stereocenters. The largest absolute Gasteiger partial charge is 0.385 e. The van der Waals surface area contributed by atoms with Crippen LogP contribution in [0.3, 0.4) is 0 Å². The Morgan fingerprint density at radius 3 is 3.07 bits per heavy atom. The van der Waals surface area contributed by atoms with Crippen molar-refractivity contribution in [2.75, 3.05) is 39.3 Å². The monoisotopic (exact) mass is 229 g/mol. The molecule has 0 amide bonds. The summed E-state index contributed by atoms with van der Waals surface area (Å²) in [7, 11) is 5.73. The maximum Gasteiger partial charge on any atom is 0.185 e. The maximum absolute atomic E-state index is 5.02. The van der Waals surface area contributed by atoms with Crippen LogP contribution in [-0.2, 0) is 11.3 Å². The van der Waals surface area contributed by atoms with Crippen LogP contribution in [0.5, 0.6) is 0 Å². The van der Waals surface area contributed by atoms with E-state index in [1.54, 1.807) is 18.4 Å². The number of hydrogen-bond donors (Lipinski definition) is 1. The Hall–Kier alpha value is -0.650. The third-order valence-electron chi connectivity index (χ3n) is 2.07. The van der Waals surface area contributed by atoms with Crippen LogP contribution in [0.2, 0.25) is 0 Å². The molecule has 0 aliphatic carbocycles. The van der Waals surface area contributed by atoms with E-state index in [2.05, 4.69) is 27.6 Å². The van der Waals surface area contributed by atoms with Gasteiger partial charge in [-0.25, -0.2) is 4.98 Å². The molecule has 0 aliphatic rings. The van der Waals surface area contributed by atoms with Crippen LogP contribution in [0, 0.1) is 0 Å². The van der Waals surface area contributed by atoms with Crippen molar-refractivity contribution in [1.82, 2.24) is 10.3 Å². The molecule has 0 aromatic carbocycles. The second kappa shape index (κ2) is 6.76. The van der Waals surface area contributed by atoms with E-state index in [-0.39, 0.29) is 0 Å². The zero-order chi connectivity index (χ0) is 11.1. The Morgan fingerprint density at radius 2 is 2.40 bits per heavy atom. The Balaban J connectivity index is 2.39. The first kappa shape index (κ1) is 12.4. The van der Waals surface area contributed by atoms with Crippen molar-refractivity contribution in [3.63, 3.8) is 0 Å². The fourth-order valence-electron chi connectivity index (χ4n) is 1.28. The third-order valence-corrected chi connectivity index (χ3v) is 3.07. The van der Waals surface area contributed by atoms with E-state index in [1.807, 2.05) is 7.05 Å². The summed E-state index contributed by atoms with van der Waals surface area (Å²) in [6.45, 7) is 2.63. The minimum absolute atomic E-state index is 0.805. The molecule has 1 rings (SSSR count). The minimum Gasteiger partial charge on any atom is -0.385 e. The summed E-state index contributed by atoms with van der Waals surface area (Å²) in [5, 5.41) is 6.27. The number of anilines is 1. The van der Waals surface area contributed by atoms with E-state index in [1.165, 1.54) is 0 Å². The first-order valence-electron chi connectivity index (χ1n) is 5.07. The van der Waals surface area contributed by atoms with Gasteiger partial charge in [-0.2, -0.15) is 0 Å². The van der Waals surface area contributed by atoms with Gasteiger partial charge in [-0.05, 0) is 13.5 Å². The lowest BCUT2D eigenvalue weighted by Gasteiger charge is -2.14. The van der Waals surface area contributed by atoms with E-state index in [0.717, 1.165) is 36.9 Å². The van der Waals surface area contributed by atoms with Gasteiger partial charge in [0.1, 0.15) is 0 Å². The van der Waals surface area contributed by atoms with E-state index in [4.69, 9.17) is 4.74 Å². The number of nitrogens with zero attached hydrogens (tertiary/aromatic N) is 2.